The average molecular weight is 366 g/mol. The van der Waals surface area contributed by atoms with Crippen molar-refractivity contribution in [2.24, 2.45) is 11.7 Å². The number of nitrogens with one attached hydrogen (secondary N) is 1. The van der Waals surface area contributed by atoms with Gasteiger partial charge in [-0.3, -0.25) is 0 Å². The van der Waals surface area contributed by atoms with Gasteiger partial charge in [0.1, 0.15) is 18.3 Å². The van der Waals surface area contributed by atoms with Gasteiger partial charge in [0.15, 0.2) is 12.6 Å². The summed E-state index contributed by atoms with van der Waals surface area (Å²) in [7, 11) is 3.07. The van der Waals surface area contributed by atoms with Crippen LogP contribution in [0.15, 0.2) is 0 Å². The van der Waals surface area contributed by atoms with Crippen LogP contribution in [-0.2, 0) is 18.9 Å². The quantitative estimate of drug-likeness (QED) is 0.282. The number of hydrogen-bond donors (Lipinski definition) is 6. The minimum absolute atomic E-state index is 0.303. The molecule has 2 fully saturated rings. The Labute approximate surface area is 146 Å². The molecular formula is C15H30N2O8. The van der Waals surface area contributed by atoms with Crippen molar-refractivity contribution in [1.82, 2.24) is 5.32 Å². The van der Waals surface area contributed by atoms with E-state index in [1.807, 2.05) is 0 Å². The fraction of sp³-hybridized carbons (Fsp3) is 1.00. The molecule has 0 aromatic carbocycles. The monoisotopic (exact) mass is 366 g/mol. The molecule has 10 nitrogen and oxygen atoms in total. The van der Waals surface area contributed by atoms with Crippen LogP contribution in [0.3, 0.4) is 0 Å². The minimum atomic E-state index is -1.08. The Bertz CT molecular complexity index is 415. The molecular weight excluding hydrogens is 336 g/mol. The molecule has 2 heterocycles. The van der Waals surface area contributed by atoms with E-state index in [0.717, 1.165) is 0 Å². The van der Waals surface area contributed by atoms with Crippen LogP contribution in [0.5, 0.6) is 0 Å². The van der Waals surface area contributed by atoms with Gasteiger partial charge in [0.25, 0.3) is 0 Å². The average Bonchev–Trinajstić information content (AvgIpc) is 2.62. The molecule has 2 saturated heterocycles. The van der Waals surface area contributed by atoms with E-state index in [1.54, 1.807) is 14.0 Å². The molecule has 0 saturated carbocycles. The molecule has 10 atom stereocenters. The Balaban J connectivity index is 2.15. The molecule has 0 radical (unpaired) electrons. The summed E-state index contributed by atoms with van der Waals surface area (Å²) in [5.41, 5.74) is 5.99. The van der Waals surface area contributed by atoms with Crippen molar-refractivity contribution in [3.05, 3.63) is 0 Å². The molecule has 0 aromatic rings. The zero-order valence-corrected chi connectivity index (χ0v) is 14.7. The van der Waals surface area contributed by atoms with Gasteiger partial charge in [-0.05, 0) is 7.05 Å². The van der Waals surface area contributed by atoms with Gasteiger partial charge in [-0.1, -0.05) is 6.92 Å². The van der Waals surface area contributed by atoms with Gasteiger partial charge in [0.2, 0.25) is 0 Å². The summed E-state index contributed by atoms with van der Waals surface area (Å²) in [4.78, 5) is 0. The van der Waals surface area contributed by atoms with Crippen LogP contribution in [0.2, 0.25) is 0 Å². The second-order valence-electron chi connectivity index (χ2n) is 6.52. The summed E-state index contributed by atoms with van der Waals surface area (Å²) >= 11 is 0. The van der Waals surface area contributed by atoms with Crippen molar-refractivity contribution in [1.29, 1.82) is 0 Å². The normalized spacial score (nSPS) is 48.5. The van der Waals surface area contributed by atoms with Crippen LogP contribution in [0, 0.1) is 5.92 Å². The maximum Gasteiger partial charge on any atom is 0.176 e. The molecule has 10 heteroatoms. The number of methoxy groups -OCH3 is 1. The van der Waals surface area contributed by atoms with Crippen LogP contribution < -0.4 is 11.1 Å². The van der Waals surface area contributed by atoms with E-state index >= 15 is 0 Å². The highest BCUT2D eigenvalue weighted by Crippen LogP contribution is 2.30. The number of ether oxygens (including phenoxy) is 4. The minimum Gasteiger partial charge on any atom is -0.394 e. The highest BCUT2D eigenvalue weighted by Gasteiger charge is 2.49. The number of rotatable bonds is 6. The number of nitrogens with two attached hydrogens (primary N) is 1. The lowest BCUT2D eigenvalue weighted by molar-refractivity contribution is -0.323. The molecule has 2 aliphatic heterocycles. The standard InChI is InChI=1S/C15H30N2O8/c1-6-7(4-18)23-14(9(16)11(6)20)25-13-8(5-19)24-15(22-3)10(17-2)12(13)21/h6-15,17-21H,4-5,16H2,1-3H3/t6-,7?,8?,9?,10+,11-,12?,13+,14-,15-/m0/s1. The van der Waals surface area contributed by atoms with E-state index in [9.17, 15) is 20.4 Å². The van der Waals surface area contributed by atoms with Crippen molar-refractivity contribution in [2.45, 2.75) is 62.1 Å². The summed E-state index contributed by atoms with van der Waals surface area (Å²) in [5.74, 6) is -0.371. The molecule has 0 bridgehead atoms. The summed E-state index contributed by atoms with van der Waals surface area (Å²) in [5, 5.41) is 42.8. The molecule has 148 valence electrons. The predicted molar refractivity (Wildman–Crippen MR) is 85.4 cm³/mol. The van der Waals surface area contributed by atoms with Crippen molar-refractivity contribution >= 4 is 0 Å². The Hall–Kier alpha value is -0.400. The van der Waals surface area contributed by atoms with Crippen LogP contribution in [0.1, 0.15) is 6.92 Å². The highest BCUT2D eigenvalue weighted by atomic mass is 16.7. The molecule has 0 spiro atoms. The second kappa shape index (κ2) is 9.00. The zero-order chi connectivity index (χ0) is 18.7. The van der Waals surface area contributed by atoms with Crippen LogP contribution in [0.25, 0.3) is 0 Å². The molecule has 25 heavy (non-hydrogen) atoms. The highest BCUT2D eigenvalue weighted by molar-refractivity contribution is 4.96. The van der Waals surface area contributed by atoms with Gasteiger partial charge in [-0.15, -0.1) is 0 Å². The number of aliphatic hydroxyl groups excluding tert-OH is 4. The maximum atomic E-state index is 10.6. The predicted octanol–water partition coefficient (Wildman–Crippen LogP) is -3.27. The molecule has 2 rings (SSSR count). The Kier molecular flexibility index (Phi) is 7.52. The van der Waals surface area contributed by atoms with Gasteiger partial charge in [0, 0.05) is 13.0 Å². The third-order valence-corrected chi connectivity index (χ3v) is 5.03. The topological polar surface area (TPSA) is 156 Å². The Morgan fingerprint density at radius 3 is 2.16 bits per heavy atom. The first-order valence-corrected chi connectivity index (χ1v) is 8.39. The molecule has 2 aliphatic rings. The fourth-order valence-electron chi connectivity index (χ4n) is 3.35. The lowest BCUT2D eigenvalue weighted by Crippen LogP contribution is -2.67. The molecule has 7 N–H and O–H groups in total. The van der Waals surface area contributed by atoms with E-state index in [-0.39, 0.29) is 12.5 Å². The first-order valence-electron chi connectivity index (χ1n) is 8.39. The van der Waals surface area contributed by atoms with Crippen LogP contribution in [-0.4, -0.2) is 103 Å². The lowest BCUT2D eigenvalue weighted by atomic mass is 9.89. The number of likely N-dealkylation sites (N-methyl/N-ethyl adjacent to an activating group) is 1. The van der Waals surface area contributed by atoms with E-state index < -0.39 is 61.8 Å². The van der Waals surface area contributed by atoms with Gasteiger partial charge in [-0.25, -0.2) is 0 Å². The van der Waals surface area contributed by atoms with Gasteiger partial charge in [0.05, 0.1) is 37.5 Å². The van der Waals surface area contributed by atoms with Crippen molar-refractivity contribution in [2.75, 3.05) is 27.4 Å². The first kappa shape index (κ1) is 20.9. The van der Waals surface area contributed by atoms with Crippen molar-refractivity contribution < 1.29 is 39.4 Å². The van der Waals surface area contributed by atoms with Gasteiger partial charge >= 0.3 is 0 Å². The summed E-state index contributed by atoms with van der Waals surface area (Å²) in [6, 6.07) is -1.48. The summed E-state index contributed by atoms with van der Waals surface area (Å²) < 4.78 is 22.2. The van der Waals surface area contributed by atoms with E-state index in [0.29, 0.717) is 0 Å². The second-order valence-corrected chi connectivity index (χ2v) is 6.52. The largest absolute Gasteiger partial charge is 0.394 e. The zero-order valence-electron chi connectivity index (χ0n) is 14.7. The summed E-state index contributed by atoms with van der Waals surface area (Å²) in [6.45, 7) is 1.00. The van der Waals surface area contributed by atoms with Crippen molar-refractivity contribution in [3.63, 3.8) is 0 Å². The third kappa shape index (κ3) is 4.14. The van der Waals surface area contributed by atoms with Gasteiger partial charge in [-0.2, -0.15) is 0 Å². The van der Waals surface area contributed by atoms with Crippen LogP contribution >= 0.6 is 0 Å². The number of hydrogen-bond acceptors (Lipinski definition) is 10. The van der Waals surface area contributed by atoms with E-state index in [1.165, 1.54) is 7.11 Å². The van der Waals surface area contributed by atoms with Crippen molar-refractivity contribution in [3.8, 4) is 0 Å². The molecule has 0 aliphatic carbocycles. The molecule has 0 aromatic heterocycles. The lowest BCUT2D eigenvalue weighted by Gasteiger charge is -2.47. The first-order chi connectivity index (χ1) is 11.9. The smallest absolute Gasteiger partial charge is 0.176 e. The Morgan fingerprint density at radius 1 is 1.04 bits per heavy atom. The SMILES string of the molecule is CN[C@@H]1C(O)[C@H](O[C@@H]2OC(CO)[C@H](C)[C@H](O)C2N)C(CO)O[C@@H]1OC. The Morgan fingerprint density at radius 2 is 1.64 bits per heavy atom. The number of aliphatic hydroxyl groups is 4. The van der Waals surface area contributed by atoms with Crippen LogP contribution in [0.4, 0.5) is 0 Å². The van der Waals surface area contributed by atoms with Gasteiger partial charge < -0.3 is 50.4 Å². The summed E-state index contributed by atoms with van der Waals surface area (Å²) in [6.07, 6.45) is -6.36. The third-order valence-electron chi connectivity index (χ3n) is 5.03. The van der Waals surface area contributed by atoms with E-state index in [4.69, 9.17) is 24.7 Å². The van der Waals surface area contributed by atoms with E-state index in [2.05, 4.69) is 5.32 Å². The fourth-order valence-corrected chi connectivity index (χ4v) is 3.35. The maximum absolute atomic E-state index is 10.6. The molecule has 0 amide bonds. The molecule has 4 unspecified atom stereocenters.